The number of imidazole rings is 1. The minimum atomic E-state index is -0.264. The maximum absolute atomic E-state index is 14.0. The van der Waals surface area contributed by atoms with Crippen LogP contribution in [0.5, 0.6) is 0 Å². The maximum Gasteiger partial charge on any atom is 0.255 e. The van der Waals surface area contributed by atoms with Crippen LogP contribution in [0, 0.1) is 17.7 Å². The van der Waals surface area contributed by atoms with Crippen molar-refractivity contribution in [3.8, 4) is 0 Å². The summed E-state index contributed by atoms with van der Waals surface area (Å²) in [6.07, 6.45) is 8.87. The van der Waals surface area contributed by atoms with Gasteiger partial charge in [0.05, 0.1) is 17.9 Å². The van der Waals surface area contributed by atoms with Gasteiger partial charge in [0.25, 0.3) is 5.91 Å². The van der Waals surface area contributed by atoms with Crippen LogP contribution in [0.25, 0.3) is 0 Å². The van der Waals surface area contributed by atoms with E-state index in [2.05, 4.69) is 19.4 Å². The highest BCUT2D eigenvalue weighted by Gasteiger charge is 2.49. The summed E-state index contributed by atoms with van der Waals surface area (Å²) < 4.78 is 16.1. The van der Waals surface area contributed by atoms with Gasteiger partial charge in [-0.25, -0.2) is 9.37 Å². The first kappa shape index (κ1) is 18.9. The molecule has 2 aliphatic rings. The van der Waals surface area contributed by atoms with Gasteiger partial charge in [0.1, 0.15) is 5.82 Å². The highest BCUT2D eigenvalue weighted by atomic mass is 19.1. The Balaban J connectivity index is 1.38. The Morgan fingerprint density at radius 1 is 1.07 bits per heavy atom. The van der Waals surface area contributed by atoms with E-state index in [1.165, 1.54) is 6.07 Å². The number of carbonyl (C=O) groups excluding carboxylic acids is 1. The first-order chi connectivity index (χ1) is 14.7. The van der Waals surface area contributed by atoms with E-state index >= 15 is 0 Å². The van der Waals surface area contributed by atoms with Crippen molar-refractivity contribution < 1.29 is 9.18 Å². The highest BCUT2D eigenvalue weighted by Crippen LogP contribution is 2.45. The van der Waals surface area contributed by atoms with Crippen molar-refractivity contribution in [3.63, 3.8) is 0 Å². The minimum Gasteiger partial charge on any atom is -0.336 e. The Bertz CT molecular complexity index is 1010. The average Bonchev–Trinajstić information content (AvgIpc) is 3.48. The Morgan fingerprint density at radius 3 is 2.77 bits per heavy atom. The van der Waals surface area contributed by atoms with E-state index in [0.717, 1.165) is 31.7 Å². The molecule has 2 fully saturated rings. The average molecular weight is 405 g/mol. The number of halogens is 1. The molecule has 0 saturated carbocycles. The molecular formula is C23H24FN5O. The second-order valence-corrected chi connectivity index (χ2v) is 8.18. The van der Waals surface area contributed by atoms with E-state index in [4.69, 9.17) is 0 Å². The van der Waals surface area contributed by atoms with E-state index in [-0.39, 0.29) is 23.7 Å². The van der Waals surface area contributed by atoms with Gasteiger partial charge in [-0.1, -0.05) is 12.1 Å². The zero-order chi connectivity index (χ0) is 20.5. The van der Waals surface area contributed by atoms with E-state index < -0.39 is 0 Å². The molecule has 0 aliphatic carbocycles. The van der Waals surface area contributed by atoms with Gasteiger partial charge < -0.3 is 14.4 Å². The molecular weight excluding hydrogens is 381 g/mol. The van der Waals surface area contributed by atoms with E-state index in [0.29, 0.717) is 18.0 Å². The first-order valence-corrected chi connectivity index (χ1v) is 10.3. The predicted molar refractivity (Wildman–Crippen MR) is 110 cm³/mol. The summed E-state index contributed by atoms with van der Waals surface area (Å²) in [7, 11) is 0. The fourth-order valence-corrected chi connectivity index (χ4v) is 4.98. The molecule has 7 heteroatoms. The van der Waals surface area contributed by atoms with Crippen molar-refractivity contribution in [2.24, 2.45) is 11.8 Å². The molecule has 2 aliphatic heterocycles. The number of nitrogens with zero attached hydrogens (tertiary/aromatic N) is 5. The van der Waals surface area contributed by atoms with E-state index in [1.54, 1.807) is 42.9 Å². The van der Waals surface area contributed by atoms with Crippen molar-refractivity contribution in [3.05, 3.63) is 84.5 Å². The zero-order valence-corrected chi connectivity index (χ0v) is 16.6. The maximum atomic E-state index is 14.0. The van der Waals surface area contributed by atoms with E-state index in [1.807, 2.05) is 23.5 Å². The van der Waals surface area contributed by atoms with Gasteiger partial charge in [-0.3, -0.25) is 9.78 Å². The van der Waals surface area contributed by atoms with Gasteiger partial charge in [0.2, 0.25) is 0 Å². The standard InChI is InChI=1S/C23H24FN5O/c24-20-5-1-3-17(11-20)22-21-15-28(10-9-27-8-7-26-16-27)13-19(21)14-29(22)23(30)18-4-2-6-25-12-18/h1-8,11-12,16,19,21-22H,9-10,13-15H2/t19-,21-,22+/m0/s1. The predicted octanol–water partition coefficient (Wildman–Crippen LogP) is 2.86. The van der Waals surface area contributed by atoms with Crippen LogP contribution < -0.4 is 0 Å². The molecule has 1 amide bonds. The molecule has 0 unspecified atom stereocenters. The minimum absolute atomic E-state index is 0.0308. The zero-order valence-electron chi connectivity index (χ0n) is 16.6. The van der Waals surface area contributed by atoms with Gasteiger partial charge in [0.15, 0.2) is 0 Å². The third kappa shape index (κ3) is 3.61. The smallest absolute Gasteiger partial charge is 0.255 e. The monoisotopic (exact) mass is 405 g/mol. The molecule has 3 aromatic rings. The summed E-state index contributed by atoms with van der Waals surface area (Å²) in [6.45, 7) is 4.36. The normalized spacial score (nSPS) is 23.6. The number of rotatable bonds is 5. The Morgan fingerprint density at radius 2 is 2.00 bits per heavy atom. The second kappa shape index (κ2) is 7.99. The second-order valence-electron chi connectivity index (χ2n) is 8.18. The molecule has 2 aromatic heterocycles. The summed E-state index contributed by atoms with van der Waals surface area (Å²) in [5, 5.41) is 0. The number of aromatic nitrogens is 3. The largest absolute Gasteiger partial charge is 0.336 e. The van der Waals surface area contributed by atoms with Gasteiger partial charge in [-0.2, -0.15) is 0 Å². The van der Waals surface area contributed by atoms with Crippen LogP contribution in [0.15, 0.2) is 67.5 Å². The van der Waals surface area contributed by atoms with Crippen LogP contribution in [-0.4, -0.2) is 56.4 Å². The van der Waals surface area contributed by atoms with Gasteiger partial charge in [0, 0.05) is 63.4 Å². The molecule has 5 rings (SSSR count). The lowest BCUT2D eigenvalue weighted by atomic mass is 9.89. The van der Waals surface area contributed by atoms with Crippen molar-refractivity contribution in [1.29, 1.82) is 0 Å². The topological polar surface area (TPSA) is 54.3 Å². The Hall–Kier alpha value is -3.06. The van der Waals surface area contributed by atoms with Crippen LogP contribution in [-0.2, 0) is 6.54 Å². The van der Waals surface area contributed by atoms with Crippen LogP contribution >= 0.6 is 0 Å². The number of fused-ring (bicyclic) bond motifs is 1. The van der Waals surface area contributed by atoms with Gasteiger partial charge in [-0.15, -0.1) is 0 Å². The number of carbonyl (C=O) groups is 1. The molecule has 0 bridgehead atoms. The number of hydrogen-bond donors (Lipinski definition) is 0. The lowest BCUT2D eigenvalue weighted by Crippen LogP contribution is -2.36. The van der Waals surface area contributed by atoms with Crippen LogP contribution in [0.2, 0.25) is 0 Å². The fourth-order valence-electron chi connectivity index (χ4n) is 4.98. The quantitative estimate of drug-likeness (QED) is 0.655. The molecule has 0 N–H and O–H groups in total. The van der Waals surface area contributed by atoms with Crippen LogP contribution in [0.4, 0.5) is 4.39 Å². The fraction of sp³-hybridized carbons (Fsp3) is 0.348. The lowest BCUT2D eigenvalue weighted by Gasteiger charge is -2.30. The number of hydrogen-bond acceptors (Lipinski definition) is 4. The Labute approximate surface area is 175 Å². The summed E-state index contributed by atoms with van der Waals surface area (Å²) in [4.78, 5) is 25.9. The number of pyridine rings is 1. The molecule has 1 aromatic carbocycles. The molecule has 4 heterocycles. The van der Waals surface area contributed by atoms with Gasteiger partial charge >= 0.3 is 0 Å². The van der Waals surface area contributed by atoms with Crippen molar-refractivity contribution in [1.82, 2.24) is 24.3 Å². The molecule has 0 radical (unpaired) electrons. The number of likely N-dealkylation sites (tertiary alicyclic amines) is 2. The molecule has 6 nitrogen and oxygen atoms in total. The van der Waals surface area contributed by atoms with Gasteiger partial charge in [-0.05, 0) is 35.7 Å². The molecule has 3 atom stereocenters. The van der Waals surface area contributed by atoms with Crippen molar-refractivity contribution >= 4 is 5.91 Å². The van der Waals surface area contributed by atoms with Crippen molar-refractivity contribution in [2.75, 3.05) is 26.2 Å². The third-order valence-electron chi connectivity index (χ3n) is 6.33. The molecule has 2 saturated heterocycles. The SMILES string of the molecule is O=C(c1cccnc1)N1C[C@@H]2CN(CCn3ccnc3)C[C@@H]2[C@H]1c1cccc(F)c1. The molecule has 0 spiro atoms. The summed E-state index contributed by atoms with van der Waals surface area (Å²) in [5.74, 6) is 0.369. The van der Waals surface area contributed by atoms with E-state index in [9.17, 15) is 9.18 Å². The van der Waals surface area contributed by atoms with Crippen molar-refractivity contribution in [2.45, 2.75) is 12.6 Å². The highest BCUT2D eigenvalue weighted by molar-refractivity contribution is 5.94. The summed E-state index contributed by atoms with van der Waals surface area (Å²) in [5.41, 5.74) is 1.45. The lowest BCUT2D eigenvalue weighted by molar-refractivity contribution is 0.0699. The van der Waals surface area contributed by atoms with Crippen LogP contribution in [0.3, 0.4) is 0 Å². The number of benzene rings is 1. The number of amides is 1. The third-order valence-corrected chi connectivity index (χ3v) is 6.33. The van der Waals surface area contributed by atoms with Crippen LogP contribution in [0.1, 0.15) is 22.0 Å². The summed E-state index contributed by atoms with van der Waals surface area (Å²) in [6, 6.07) is 10.1. The first-order valence-electron chi connectivity index (χ1n) is 10.3. The summed E-state index contributed by atoms with van der Waals surface area (Å²) >= 11 is 0. The molecule has 154 valence electrons. The Kier molecular flexibility index (Phi) is 5.04. The molecule has 30 heavy (non-hydrogen) atoms.